The third-order valence-electron chi connectivity index (χ3n) is 2.11. The van der Waals surface area contributed by atoms with E-state index in [-0.39, 0.29) is 6.07 Å². The maximum atomic E-state index is 13.0. The second-order valence-corrected chi connectivity index (χ2v) is 3.57. The Morgan fingerprint density at radius 1 is 1.06 bits per heavy atom. The average Bonchev–Trinajstić information content (AvgIpc) is 2.12. The van der Waals surface area contributed by atoms with Crippen LogP contribution < -0.4 is 0 Å². The lowest BCUT2D eigenvalue weighted by molar-refractivity contribution is -0.154. The van der Waals surface area contributed by atoms with Gasteiger partial charge in [0.15, 0.2) is 0 Å². The van der Waals surface area contributed by atoms with Crippen LogP contribution in [0.5, 0.6) is 0 Å². The zero-order valence-corrected chi connectivity index (χ0v) is 8.61. The van der Waals surface area contributed by atoms with Gasteiger partial charge < -0.3 is 5.11 Å². The number of aliphatic hydroxyl groups excluding tert-OH is 1. The highest BCUT2D eigenvalue weighted by Crippen LogP contribution is 2.34. The summed E-state index contributed by atoms with van der Waals surface area (Å²) in [4.78, 5) is 0. The van der Waals surface area contributed by atoms with Gasteiger partial charge in [-0.2, -0.15) is 26.3 Å². The molecule has 0 bridgehead atoms. The third-order valence-corrected chi connectivity index (χ3v) is 2.11. The van der Waals surface area contributed by atoms with Crippen LogP contribution >= 0.6 is 0 Å². The van der Waals surface area contributed by atoms with Crippen molar-refractivity contribution >= 4 is 0 Å². The second kappa shape index (κ2) is 4.75. The topological polar surface area (TPSA) is 20.2 Å². The molecule has 0 spiro atoms. The predicted molar refractivity (Wildman–Crippen MR) is 47.0 cm³/mol. The van der Waals surface area contributed by atoms with Crippen LogP contribution in [0.4, 0.5) is 30.7 Å². The molecule has 1 N–H and O–H groups in total. The van der Waals surface area contributed by atoms with Gasteiger partial charge in [-0.05, 0) is 17.7 Å². The van der Waals surface area contributed by atoms with Gasteiger partial charge in [-0.15, -0.1) is 0 Å². The van der Waals surface area contributed by atoms with Gasteiger partial charge in [0.2, 0.25) is 0 Å². The molecule has 1 nitrogen and oxygen atoms in total. The van der Waals surface area contributed by atoms with Crippen molar-refractivity contribution in [2.45, 2.75) is 24.9 Å². The number of aliphatic hydroxyl groups is 1. The van der Waals surface area contributed by atoms with Crippen LogP contribution in [0.15, 0.2) is 18.2 Å². The van der Waals surface area contributed by atoms with Crippen molar-refractivity contribution in [1.82, 2.24) is 0 Å². The van der Waals surface area contributed by atoms with Crippen LogP contribution in [0.2, 0.25) is 0 Å². The summed E-state index contributed by atoms with van der Waals surface area (Å²) in [5.41, 5.74) is -2.15. The first-order chi connectivity index (χ1) is 8.00. The summed E-state index contributed by atoms with van der Waals surface area (Å²) in [6.07, 6.45) is -13.4. The Bertz CT molecular complexity index is 421. The molecule has 0 saturated carbocycles. The number of hydrogen-bond acceptors (Lipinski definition) is 1. The summed E-state index contributed by atoms with van der Waals surface area (Å²) < 4.78 is 85.3. The monoisotopic (exact) mass is 276 g/mol. The standard InChI is InChI=1S/C10H7F7O/c11-7-3-5(8(18)4-9(12,13)14)1-2-6(7)10(15,16)17/h1-3,8,18H,4H2. The number of rotatable bonds is 2. The molecule has 1 aromatic carbocycles. The van der Waals surface area contributed by atoms with Crippen LogP contribution in [0.3, 0.4) is 0 Å². The van der Waals surface area contributed by atoms with Gasteiger partial charge in [0, 0.05) is 0 Å². The van der Waals surface area contributed by atoms with Gasteiger partial charge in [0.1, 0.15) is 5.82 Å². The van der Waals surface area contributed by atoms with Crippen molar-refractivity contribution in [2.24, 2.45) is 0 Å². The molecule has 18 heavy (non-hydrogen) atoms. The van der Waals surface area contributed by atoms with E-state index in [1.807, 2.05) is 0 Å². The molecule has 0 amide bonds. The highest BCUT2D eigenvalue weighted by atomic mass is 19.4. The summed E-state index contributed by atoms with van der Waals surface area (Å²) in [7, 11) is 0. The van der Waals surface area contributed by atoms with Crippen LogP contribution in [-0.4, -0.2) is 11.3 Å². The Morgan fingerprint density at radius 2 is 1.61 bits per heavy atom. The number of benzene rings is 1. The van der Waals surface area contributed by atoms with Crippen molar-refractivity contribution in [3.05, 3.63) is 35.1 Å². The molecule has 0 aliphatic carbocycles. The molecule has 1 atom stereocenters. The minimum absolute atomic E-state index is 0.249. The largest absolute Gasteiger partial charge is 0.419 e. The fourth-order valence-electron chi connectivity index (χ4n) is 1.31. The summed E-state index contributed by atoms with van der Waals surface area (Å²) in [5, 5.41) is 9.11. The Balaban J connectivity index is 2.98. The summed E-state index contributed by atoms with van der Waals surface area (Å²) in [5.74, 6) is -1.72. The van der Waals surface area contributed by atoms with Crippen LogP contribution in [0, 0.1) is 5.82 Å². The number of halogens is 7. The Kier molecular flexibility index (Phi) is 3.89. The van der Waals surface area contributed by atoms with Gasteiger partial charge in [-0.1, -0.05) is 6.07 Å². The SMILES string of the molecule is OC(CC(F)(F)F)c1ccc(C(F)(F)F)c(F)c1. The van der Waals surface area contributed by atoms with Gasteiger partial charge >= 0.3 is 12.4 Å². The van der Waals surface area contributed by atoms with E-state index in [9.17, 15) is 30.7 Å². The molecule has 0 heterocycles. The molecule has 8 heteroatoms. The van der Waals surface area contributed by atoms with E-state index >= 15 is 0 Å². The molecule has 0 fully saturated rings. The van der Waals surface area contributed by atoms with Gasteiger partial charge in [0.25, 0.3) is 0 Å². The van der Waals surface area contributed by atoms with Crippen molar-refractivity contribution < 1.29 is 35.8 Å². The summed E-state index contributed by atoms with van der Waals surface area (Å²) in [6, 6.07) is 1.16. The third kappa shape index (κ3) is 3.86. The van der Waals surface area contributed by atoms with E-state index in [1.54, 1.807) is 0 Å². The zero-order valence-electron chi connectivity index (χ0n) is 8.61. The Morgan fingerprint density at radius 3 is 2.00 bits per heavy atom. The first kappa shape index (κ1) is 14.7. The molecule has 102 valence electrons. The molecule has 0 radical (unpaired) electrons. The van der Waals surface area contributed by atoms with Crippen molar-refractivity contribution in [3.63, 3.8) is 0 Å². The highest BCUT2D eigenvalue weighted by Gasteiger charge is 2.35. The van der Waals surface area contributed by atoms with E-state index < -0.39 is 41.8 Å². The fraction of sp³-hybridized carbons (Fsp3) is 0.400. The number of alkyl halides is 6. The van der Waals surface area contributed by atoms with E-state index in [4.69, 9.17) is 5.11 Å². The molecule has 0 aliphatic heterocycles. The Hall–Kier alpha value is -1.31. The quantitative estimate of drug-likeness (QED) is 0.814. The smallest absolute Gasteiger partial charge is 0.388 e. The number of hydrogen-bond donors (Lipinski definition) is 1. The highest BCUT2D eigenvalue weighted by molar-refractivity contribution is 5.27. The normalized spacial score (nSPS) is 14.7. The second-order valence-electron chi connectivity index (χ2n) is 3.57. The van der Waals surface area contributed by atoms with E-state index in [0.717, 1.165) is 0 Å². The van der Waals surface area contributed by atoms with Gasteiger partial charge in [0.05, 0.1) is 18.1 Å². The predicted octanol–water partition coefficient (Wildman–Crippen LogP) is 3.83. The van der Waals surface area contributed by atoms with Crippen molar-refractivity contribution in [1.29, 1.82) is 0 Å². The molecule has 1 rings (SSSR count). The molecular formula is C10H7F7O. The van der Waals surface area contributed by atoms with Gasteiger partial charge in [-0.3, -0.25) is 0 Å². The molecule has 1 unspecified atom stereocenters. The van der Waals surface area contributed by atoms with Crippen LogP contribution in [-0.2, 0) is 6.18 Å². The minimum Gasteiger partial charge on any atom is -0.388 e. The Labute approximate surface area is 96.8 Å². The lowest BCUT2D eigenvalue weighted by Crippen LogP contribution is -2.14. The van der Waals surface area contributed by atoms with Crippen LogP contribution in [0.25, 0.3) is 0 Å². The van der Waals surface area contributed by atoms with Gasteiger partial charge in [-0.25, -0.2) is 4.39 Å². The minimum atomic E-state index is -4.93. The fourth-order valence-corrected chi connectivity index (χ4v) is 1.31. The first-order valence-corrected chi connectivity index (χ1v) is 4.62. The zero-order chi connectivity index (χ0) is 14.1. The first-order valence-electron chi connectivity index (χ1n) is 4.62. The lowest BCUT2D eigenvalue weighted by Gasteiger charge is -2.15. The maximum Gasteiger partial charge on any atom is 0.419 e. The maximum absolute atomic E-state index is 13.0. The van der Waals surface area contributed by atoms with Crippen molar-refractivity contribution in [3.8, 4) is 0 Å². The summed E-state index contributed by atoms with van der Waals surface area (Å²) >= 11 is 0. The molecule has 0 aliphatic rings. The molecule has 0 aromatic heterocycles. The van der Waals surface area contributed by atoms with Crippen molar-refractivity contribution in [2.75, 3.05) is 0 Å². The lowest BCUT2D eigenvalue weighted by atomic mass is 10.0. The van der Waals surface area contributed by atoms with Crippen LogP contribution in [0.1, 0.15) is 23.7 Å². The molecule has 1 aromatic rings. The molecule has 0 saturated heterocycles. The average molecular weight is 276 g/mol. The molecular weight excluding hydrogens is 269 g/mol. The summed E-state index contributed by atoms with van der Waals surface area (Å²) in [6.45, 7) is 0. The van der Waals surface area contributed by atoms with E-state index in [1.165, 1.54) is 0 Å². The van der Waals surface area contributed by atoms with E-state index in [0.29, 0.717) is 12.1 Å². The van der Waals surface area contributed by atoms with E-state index in [2.05, 4.69) is 0 Å².